The lowest BCUT2D eigenvalue weighted by Gasteiger charge is -2.38. The lowest BCUT2D eigenvalue weighted by atomic mass is 9.93. The van der Waals surface area contributed by atoms with Crippen molar-refractivity contribution in [2.75, 3.05) is 21.3 Å². The third kappa shape index (κ3) is 5.67. The second-order valence-electron chi connectivity index (χ2n) is 9.38. The van der Waals surface area contributed by atoms with Crippen molar-refractivity contribution in [3.8, 4) is 29.6 Å². The van der Waals surface area contributed by atoms with Gasteiger partial charge < -0.3 is 23.7 Å². The number of allylic oxidation sites excluding steroid dienone is 1. The minimum atomic E-state index is -2.02. The highest BCUT2D eigenvalue weighted by Crippen LogP contribution is 2.44. The molecule has 0 unspecified atom stereocenters. The average molecular weight is 461 g/mol. The van der Waals surface area contributed by atoms with Gasteiger partial charge in [-0.1, -0.05) is 26.7 Å². The fourth-order valence-electron chi connectivity index (χ4n) is 3.38. The third-order valence-electron chi connectivity index (χ3n) is 6.23. The minimum Gasteiger partial charge on any atom is -0.870 e. The van der Waals surface area contributed by atoms with Crippen molar-refractivity contribution in [2.24, 2.45) is 0 Å². The first-order chi connectivity index (χ1) is 15.0. The second kappa shape index (κ2) is 10.5. The standard InChI is InChI=1S/C25H36O6Si/c1-10-19(31-32(8,9)25(2,3)4)13-11-17-15-21(27-5)23(28-6)24(29-7)22(17)20-14-12-18(26)16-30-20/h1,15-16,19H,11-14H2,2-9H3/t19-/m0/s1. The molecule has 0 saturated heterocycles. The SMILES string of the molecule is C#C[C@@H](CCc1cc(OC)c(OC)c(OC)c1C1=[O+]C=C([O-])CC1)O[Si](C)(C)C(C)(C)C. The topological polar surface area (TPSA) is 71.3 Å². The fraction of sp³-hybridized carbons (Fsp3) is 0.560. The van der Waals surface area contributed by atoms with Crippen LogP contribution in [0.4, 0.5) is 0 Å². The van der Waals surface area contributed by atoms with Gasteiger partial charge in [0.15, 0.2) is 19.8 Å². The van der Waals surface area contributed by atoms with Gasteiger partial charge in [0.2, 0.25) is 5.75 Å². The molecule has 0 amide bonds. The average Bonchev–Trinajstić information content (AvgIpc) is 2.75. The molecule has 1 aliphatic heterocycles. The van der Waals surface area contributed by atoms with E-state index in [1.54, 1.807) is 21.3 Å². The molecule has 0 spiro atoms. The van der Waals surface area contributed by atoms with Crippen LogP contribution in [0.2, 0.25) is 18.1 Å². The molecule has 7 heteroatoms. The van der Waals surface area contributed by atoms with Crippen molar-refractivity contribution < 1.29 is 28.2 Å². The summed E-state index contributed by atoms with van der Waals surface area (Å²) < 4.78 is 29.0. The molecule has 1 aromatic rings. The maximum absolute atomic E-state index is 11.7. The number of ketones is 1. The first-order valence-electron chi connectivity index (χ1n) is 10.8. The lowest BCUT2D eigenvalue weighted by Crippen LogP contribution is -2.43. The number of ether oxygens (including phenoxy) is 3. The summed E-state index contributed by atoms with van der Waals surface area (Å²) in [4.78, 5) is 0. The summed E-state index contributed by atoms with van der Waals surface area (Å²) in [5.41, 5.74) is 1.72. The number of terminal acetylenes is 1. The molecule has 0 fully saturated rings. The zero-order chi connectivity index (χ0) is 24.1. The van der Waals surface area contributed by atoms with Crippen LogP contribution in [0.25, 0.3) is 0 Å². The Morgan fingerprint density at radius 2 is 1.78 bits per heavy atom. The molecule has 1 heterocycles. The molecule has 0 aromatic heterocycles. The Morgan fingerprint density at radius 3 is 2.25 bits per heavy atom. The van der Waals surface area contributed by atoms with Gasteiger partial charge in [0.25, 0.3) is 0 Å². The molecule has 1 aromatic carbocycles. The van der Waals surface area contributed by atoms with Gasteiger partial charge in [0.05, 0.1) is 27.8 Å². The highest BCUT2D eigenvalue weighted by Gasteiger charge is 2.39. The van der Waals surface area contributed by atoms with Crippen LogP contribution in [0.3, 0.4) is 0 Å². The maximum atomic E-state index is 11.7. The molecule has 32 heavy (non-hydrogen) atoms. The molecular formula is C25H36O6Si. The normalized spacial score (nSPS) is 15.3. The Kier molecular flexibility index (Phi) is 8.44. The summed E-state index contributed by atoms with van der Waals surface area (Å²) in [7, 11) is 2.71. The maximum Gasteiger partial charge on any atom is 0.340 e. The van der Waals surface area contributed by atoms with Crippen molar-refractivity contribution in [3.05, 3.63) is 29.2 Å². The largest absolute Gasteiger partial charge is 0.870 e. The van der Waals surface area contributed by atoms with Crippen molar-refractivity contribution in [1.29, 1.82) is 0 Å². The van der Waals surface area contributed by atoms with Crippen LogP contribution < -0.4 is 19.3 Å². The highest BCUT2D eigenvalue weighted by atomic mass is 28.4. The van der Waals surface area contributed by atoms with E-state index in [2.05, 4.69) is 39.8 Å². The Bertz CT molecular complexity index is 918. The van der Waals surface area contributed by atoms with Gasteiger partial charge in [0.1, 0.15) is 11.7 Å². The predicted octanol–water partition coefficient (Wildman–Crippen LogP) is 4.38. The third-order valence-corrected chi connectivity index (χ3v) is 10.7. The van der Waals surface area contributed by atoms with E-state index in [0.717, 1.165) is 11.1 Å². The van der Waals surface area contributed by atoms with Gasteiger partial charge in [-0.05, 0) is 54.8 Å². The Hall–Kier alpha value is -2.43. The zero-order valence-corrected chi connectivity index (χ0v) is 21.6. The van der Waals surface area contributed by atoms with E-state index in [-0.39, 0.29) is 16.9 Å². The van der Waals surface area contributed by atoms with Crippen LogP contribution in [0.5, 0.6) is 17.2 Å². The van der Waals surface area contributed by atoms with Crippen LogP contribution in [0.1, 0.15) is 55.6 Å². The van der Waals surface area contributed by atoms with Crippen LogP contribution in [0.15, 0.2) is 18.1 Å². The fourth-order valence-corrected chi connectivity index (χ4v) is 4.63. The molecule has 1 aliphatic rings. The van der Waals surface area contributed by atoms with E-state index >= 15 is 0 Å². The van der Waals surface area contributed by atoms with Crippen molar-refractivity contribution in [2.45, 2.75) is 70.7 Å². The monoisotopic (exact) mass is 460 g/mol. The first-order valence-corrected chi connectivity index (χ1v) is 13.7. The van der Waals surface area contributed by atoms with E-state index in [4.69, 9.17) is 29.5 Å². The van der Waals surface area contributed by atoms with E-state index in [0.29, 0.717) is 48.7 Å². The summed E-state index contributed by atoms with van der Waals surface area (Å²) in [6.45, 7) is 11.0. The van der Waals surface area contributed by atoms with Crippen LogP contribution in [0, 0.1) is 12.3 Å². The van der Waals surface area contributed by atoms with Gasteiger partial charge in [-0.25, -0.2) is 4.42 Å². The highest BCUT2D eigenvalue weighted by molar-refractivity contribution is 6.74. The number of rotatable bonds is 9. The molecule has 6 nitrogen and oxygen atoms in total. The van der Waals surface area contributed by atoms with Gasteiger partial charge >= 0.3 is 12.0 Å². The number of methoxy groups -OCH3 is 3. The molecule has 0 radical (unpaired) electrons. The molecule has 176 valence electrons. The zero-order valence-electron chi connectivity index (χ0n) is 20.6. The van der Waals surface area contributed by atoms with Gasteiger partial charge in [-0.3, -0.25) is 0 Å². The second-order valence-corrected chi connectivity index (χ2v) is 14.1. The van der Waals surface area contributed by atoms with E-state index in [1.165, 1.54) is 6.26 Å². The van der Waals surface area contributed by atoms with Crippen LogP contribution >= 0.6 is 0 Å². The van der Waals surface area contributed by atoms with E-state index in [1.807, 2.05) is 6.07 Å². The Balaban J connectivity index is 2.47. The summed E-state index contributed by atoms with van der Waals surface area (Å²) in [6.07, 6.45) is 8.90. The molecule has 0 N–H and O–H groups in total. The van der Waals surface area contributed by atoms with Gasteiger partial charge in [0, 0.05) is 0 Å². The molecule has 0 saturated carbocycles. The molecular weight excluding hydrogens is 424 g/mol. The summed E-state index contributed by atoms with van der Waals surface area (Å²) >= 11 is 0. The van der Waals surface area contributed by atoms with Crippen LogP contribution in [-0.2, 0) is 10.8 Å². The Labute approximate surface area is 193 Å². The molecule has 0 bridgehead atoms. The Morgan fingerprint density at radius 1 is 1.12 bits per heavy atom. The smallest absolute Gasteiger partial charge is 0.340 e. The van der Waals surface area contributed by atoms with Crippen LogP contribution in [-0.4, -0.2) is 41.5 Å². The van der Waals surface area contributed by atoms with Crippen molar-refractivity contribution >= 4 is 14.1 Å². The predicted molar refractivity (Wildman–Crippen MR) is 127 cm³/mol. The van der Waals surface area contributed by atoms with E-state index < -0.39 is 8.32 Å². The van der Waals surface area contributed by atoms with Crippen molar-refractivity contribution in [3.63, 3.8) is 0 Å². The number of carbonyl (C=O) groups excluding carboxylic acids is 1. The molecule has 2 rings (SSSR count). The quantitative estimate of drug-likeness (QED) is 0.311. The molecule has 1 atom stereocenters. The summed E-state index contributed by atoms with van der Waals surface area (Å²) in [5.74, 6) is 5.00. The van der Waals surface area contributed by atoms with Gasteiger partial charge in [-0.15, -0.1) is 6.42 Å². The summed E-state index contributed by atoms with van der Waals surface area (Å²) in [5, 5.41) is 11.7. The summed E-state index contributed by atoms with van der Waals surface area (Å²) in [6, 6.07) is 1.92. The first kappa shape index (κ1) is 25.8. The minimum absolute atomic E-state index is 0.0371. The molecule has 0 aliphatic carbocycles. The number of benzene rings is 1. The van der Waals surface area contributed by atoms with Crippen molar-refractivity contribution in [1.82, 2.24) is 0 Å². The number of aryl methyl sites for hydroxylation is 1. The number of hydrogen-bond acceptors (Lipinski definition) is 5. The number of hydrogen-bond donors (Lipinski definition) is 0. The lowest BCUT2D eigenvalue weighted by molar-refractivity contribution is -0.326. The van der Waals surface area contributed by atoms with E-state index in [9.17, 15) is 5.11 Å². The van der Waals surface area contributed by atoms with Gasteiger partial charge in [-0.2, -0.15) is 0 Å².